The number of hydrogen-bond donors (Lipinski definition) is 0. The molecule has 198 valence electrons. The van der Waals surface area contributed by atoms with Gasteiger partial charge in [-0.05, 0) is 79.6 Å². The van der Waals surface area contributed by atoms with E-state index in [1.54, 1.807) is 0 Å². The van der Waals surface area contributed by atoms with E-state index in [2.05, 4.69) is 64.4 Å². The smallest absolute Gasteiger partial charge is 0.200 e. The molecule has 1 aromatic heterocycles. The standard InChI is InChI=1S/C37H28N2O2/c40-37-33-23-21-31(38(27-13-5-1-6-14-27)28-15-7-2-8-16-28)25-35(33)41-36-26-32(22-24-34(36)37)39(29-17-9-3-10-18-29)30-19-11-4-12-20-30/h1-3,5-11,13-26H,4,12H2. The second-order valence-electron chi connectivity index (χ2n) is 10.1. The number of para-hydroxylation sites is 3. The maximum atomic E-state index is 13.7. The first-order valence-electron chi connectivity index (χ1n) is 13.9. The number of rotatable bonds is 6. The van der Waals surface area contributed by atoms with Gasteiger partial charge in [0.2, 0.25) is 5.43 Å². The van der Waals surface area contributed by atoms with Crippen molar-refractivity contribution in [1.29, 1.82) is 0 Å². The summed E-state index contributed by atoms with van der Waals surface area (Å²) in [4.78, 5) is 18.0. The van der Waals surface area contributed by atoms with E-state index in [9.17, 15) is 4.79 Å². The predicted molar refractivity (Wildman–Crippen MR) is 170 cm³/mol. The van der Waals surface area contributed by atoms with Gasteiger partial charge in [0.15, 0.2) is 0 Å². The van der Waals surface area contributed by atoms with Crippen LogP contribution in [0.3, 0.4) is 0 Å². The van der Waals surface area contributed by atoms with Crippen molar-refractivity contribution in [3.05, 3.63) is 162 Å². The van der Waals surface area contributed by atoms with Crippen LogP contribution in [0.4, 0.5) is 28.4 Å². The summed E-state index contributed by atoms with van der Waals surface area (Å²) in [5, 5.41) is 1.13. The monoisotopic (exact) mass is 532 g/mol. The zero-order valence-corrected chi connectivity index (χ0v) is 22.5. The summed E-state index contributed by atoms with van der Waals surface area (Å²) in [7, 11) is 0. The molecule has 0 aliphatic heterocycles. The van der Waals surface area contributed by atoms with Gasteiger partial charge in [0.1, 0.15) is 11.2 Å². The van der Waals surface area contributed by atoms with Crippen LogP contribution >= 0.6 is 0 Å². The van der Waals surface area contributed by atoms with Crippen molar-refractivity contribution in [2.75, 3.05) is 9.80 Å². The summed E-state index contributed by atoms with van der Waals surface area (Å²) < 4.78 is 6.51. The summed E-state index contributed by atoms with van der Waals surface area (Å²) in [5.74, 6) is 0. The van der Waals surface area contributed by atoms with Gasteiger partial charge in [-0.15, -0.1) is 0 Å². The molecule has 0 saturated heterocycles. The van der Waals surface area contributed by atoms with E-state index >= 15 is 0 Å². The first kappa shape index (κ1) is 24.7. The Morgan fingerprint density at radius 3 is 1.49 bits per heavy atom. The molecular weight excluding hydrogens is 504 g/mol. The highest BCUT2D eigenvalue weighted by Gasteiger charge is 2.18. The second-order valence-corrected chi connectivity index (χ2v) is 10.1. The Morgan fingerprint density at radius 2 is 1.00 bits per heavy atom. The number of fused-ring (bicyclic) bond motifs is 2. The summed E-state index contributed by atoms with van der Waals surface area (Å²) in [6.07, 6.45) is 8.64. The van der Waals surface area contributed by atoms with Gasteiger partial charge in [0.25, 0.3) is 0 Å². The van der Waals surface area contributed by atoms with E-state index in [0.29, 0.717) is 21.9 Å². The van der Waals surface area contributed by atoms with Crippen molar-refractivity contribution in [3.8, 4) is 0 Å². The maximum Gasteiger partial charge on any atom is 0.200 e. The van der Waals surface area contributed by atoms with E-state index in [1.165, 1.54) is 0 Å². The third kappa shape index (κ3) is 4.70. The zero-order chi connectivity index (χ0) is 27.6. The van der Waals surface area contributed by atoms with Gasteiger partial charge >= 0.3 is 0 Å². The minimum absolute atomic E-state index is 0.0339. The van der Waals surface area contributed by atoms with Crippen molar-refractivity contribution in [3.63, 3.8) is 0 Å². The van der Waals surface area contributed by atoms with Gasteiger partial charge in [-0.2, -0.15) is 0 Å². The third-order valence-electron chi connectivity index (χ3n) is 7.43. The topological polar surface area (TPSA) is 36.7 Å². The van der Waals surface area contributed by atoms with Crippen LogP contribution in [0.5, 0.6) is 0 Å². The molecule has 0 N–H and O–H groups in total. The second kappa shape index (κ2) is 10.7. The highest BCUT2D eigenvalue weighted by Crippen LogP contribution is 2.37. The minimum atomic E-state index is -0.0339. The van der Waals surface area contributed by atoms with E-state index in [4.69, 9.17) is 4.42 Å². The predicted octanol–water partition coefficient (Wildman–Crippen LogP) is 9.79. The quantitative estimate of drug-likeness (QED) is 0.200. The highest BCUT2D eigenvalue weighted by molar-refractivity contribution is 5.94. The van der Waals surface area contributed by atoms with E-state index in [0.717, 1.165) is 47.0 Å². The fourth-order valence-electron chi connectivity index (χ4n) is 5.50. The molecule has 0 saturated carbocycles. The Hall–Kier alpha value is -5.35. The van der Waals surface area contributed by atoms with Crippen LogP contribution in [-0.2, 0) is 0 Å². The first-order valence-corrected chi connectivity index (χ1v) is 13.9. The Labute approximate surface area is 238 Å². The third-order valence-corrected chi connectivity index (χ3v) is 7.43. The summed E-state index contributed by atoms with van der Waals surface area (Å²) in [5.41, 5.74) is 7.14. The largest absolute Gasteiger partial charge is 0.456 e. The fourth-order valence-corrected chi connectivity index (χ4v) is 5.50. The molecule has 1 aliphatic carbocycles. The van der Waals surface area contributed by atoms with E-state index < -0.39 is 0 Å². The van der Waals surface area contributed by atoms with Gasteiger partial charge < -0.3 is 14.2 Å². The maximum absolute atomic E-state index is 13.7. The Balaban J connectivity index is 1.39. The lowest BCUT2D eigenvalue weighted by molar-refractivity contribution is 0.660. The Morgan fingerprint density at radius 1 is 0.512 bits per heavy atom. The molecule has 0 atom stereocenters. The van der Waals surface area contributed by atoms with Gasteiger partial charge in [-0.1, -0.05) is 66.7 Å². The number of anilines is 5. The lowest BCUT2D eigenvalue weighted by atomic mass is 10.1. The molecule has 0 bridgehead atoms. The molecule has 0 amide bonds. The van der Waals surface area contributed by atoms with Crippen LogP contribution in [0.1, 0.15) is 12.8 Å². The van der Waals surface area contributed by atoms with Crippen molar-refractivity contribution >= 4 is 50.4 Å². The highest BCUT2D eigenvalue weighted by atomic mass is 16.3. The Bertz CT molecular complexity index is 1920. The molecule has 6 aromatic rings. The fraction of sp³-hybridized carbons (Fsp3) is 0.0541. The summed E-state index contributed by atoms with van der Waals surface area (Å²) >= 11 is 0. The van der Waals surface area contributed by atoms with Gasteiger partial charge in [0.05, 0.1) is 10.8 Å². The number of allylic oxidation sites excluding steroid dienone is 3. The first-order chi connectivity index (χ1) is 20.3. The van der Waals surface area contributed by atoms with E-state index in [1.807, 2.05) is 91.0 Å². The van der Waals surface area contributed by atoms with Crippen LogP contribution in [0.2, 0.25) is 0 Å². The van der Waals surface area contributed by atoms with Crippen LogP contribution in [-0.4, -0.2) is 0 Å². The lowest BCUT2D eigenvalue weighted by Gasteiger charge is -2.27. The van der Waals surface area contributed by atoms with Crippen LogP contribution in [0.15, 0.2) is 161 Å². The molecule has 4 nitrogen and oxygen atoms in total. The number of hydrogen-bond acceptors (Lipinski definition) is 4. The van der Waals surface area contributed by atoms with Crippen LogP contribution in [0.25, 0.3) is 21.9 Å². The molecule has 0 unspecified atom stereocenters. The molecule has 0 fully saturated rings. The minimum Gasteiger partial charge on any atom is -0.456 e. The van der Waals surface area contributed by atoms with E-state index in [-0.39, 0.29) is 5.43 Å². The molecule has 7 rings (SSSR count). The van der Waals surface area contributed by atoms with Crippen molar-refractivity contribution < 1.29 is 4.42 Å². The molecular formula is C37H28N2O2. The van der Waals surface area contributed by atoms with Crippen molar-refractivity contribution in [1.82, 2.24) is 0 Å². The summed E-state index contributed by atoms with van der Waals surface area (Å²) in [6, 6.07) is 42.4. The molecule has 1 aliphatic rings. The molecule has 5 aromatic carbocycles. The molecule has 41 heavy (non-hydrogen) atoms. The van der Waals surface area contributed by atoms with Crippen LogP contribution < -0.4 is 15.2 Å². The molecule has 0 spiro atoms. The van der Waals surface area contributed by atoms with Gasteiger partial charge in [-0.3, -0.25) is 4.79 Å². The molecule has 1 heterocycles. The van der Waals surface area contributed by atoms with Gasteiger partial charge in [0, 0.05) is 46.3 Å². The van der Waals surface area contributed by atoms with Crippen LogP contribution in [0, 0.1) is 0 Å². The lowest BCUT2D eigenvalue weighted by Crippen LogP contribution is -2.16. The zero-order valence-electron chi connectivity index (χ0n) is 22.5. The van der Waals surface area contributed by atoms with Crippen molar-refractivity contribution in [2.24, 2.45) is 0 Å². The average Bonchev–Trinajstić information content (AvgIpc) is 3.03. The van der Waals surface area contributed by atoms with Gasteiger partial charge in [-0.25, -0.2) is 0 Å². The molecule has 4 heteroatoms. The molecule has 0 radical (unpaired) electrons. The number of benzene rings is 5. The average molecular weight is 533 g/mol. The van der Waals surface area contributed by atoms with Crippen molar-refractivity contribution in [2.45, 2.75) is 12.8 Å². The SMILES string of the molecule is O=c1c2ccc(N(C3=CCCC=C3)c3ccccc3)cc2oc2cc(N(c3ccccc3)c3ccccc3)ccc12. The summed E-state index contributed by atoms with van der Waals surface area (Å²) in [6.45, 7) is 0. The Kier molecular flexibility index (Phi) is 6.42. The normalized spacial score (nSPS) is 12.8. The number of nitrogens with zero attached hydrogens (tertiary/aromatic N) is 2.